The van der Waals surface area contributed by atoms with Crippen LogP contribution in [-0.2, 0) is 14.6 Å². The fourth-order valence-corrected chi connectivity index (χ4v) is 5.25. The summed E-state index contributed by atoms with van der Waals surface area (Å²) in [6, 6.07) is 4.67. The van der Waals surface area contributed by atoms with Gasteiger partial charge < -0.3 is 19.1 Å². The average molecular weight is 383 g/mol. The van der Waals surface area contributed by atoms with Gasteiger partial charge in [0.25, 0.3) is 5.91 Å². The average Bonchev–Trinajstić information content (AvgIpc) is 3.27. The Morgan fingerprint density at radius 2 is 1.88 bits per heavy atom. The van der Waals surface area contributed by atoms with E-state index in [9.17, 15) is 13.2 Å². The van der Waals surface area contributed by atoms with E-state index < -0.39 is 9.84 Å². The summed E-state index contributed by atoms with van der Waals surface area (Å²) in [5.74, 6) is 0.938. The van der Waals surface area contributed by atoms with Crippen molar-refractivity contribution in [1.29, 1.82) is 0 Å². The zero-order valence-corrected chi connectivity index (χ0v) is 16.0. The van der Waals surface area contributed by atoms with Crippen LogP contribution >= 0.6 is 0 Å². The molecule has 26 heavy (non-hydrogen) atoms. The molecule has 2 heterocycles. The zero-order chi connectivity index (χ0) is 18.7. The van der Waals surface area contributed by atoms with Crippen molar-refractivity contribution in [3.63, 3.8) is 0 Å². The largest absolute Gasteiger partial charge is 0.497 e. The molecule has 2 atom stereocenters. The Kier molecular flexibility index (Phi) is 5.72. The quantitative estimate of drug-likeness (QED) is 0.741. The third-order valence-corrected chi connectivity index (χ3v) is 6.68. The van der Waals surface area contributed by atoms with Crippen LogP contribution in [0, 0.1) is 0 Å². The molecule has 8 heteroatoms. The second-order valence-corrected chi connectivity index (χ2v) is 8.98. The van der Waals surface area contributed by atoms with Crippen molar-refractivity contribution in [2.45, 2.75) is 31.4 Å². The van der Waals surface area contributed by atoms with Crippen molar-refractivity contribution >= 4 is 15.7 Å². The lowest BCUT2D eigenvalue weighted by molar-refractivity contribution is 0.0441. The lowest BCUT2D eigenvalue weighted by Gasteiger charge is -2.30. The number of amides is 1. The van der Waals surface area contributed by atoms with E-state index >= 15 is 0 Å². The van der Waals surface area contributed by atoms with E-state index in [2.05, 4.69) is 0 Å². The highest BCUT2D eigenvalue weighted by molar-refractivity contribution is 7.91. The van der Waals surface area contributed by atoms with Crippen LogP contribution in [0.3, 0.4) is 0 Å². The summed E-state index contributed by atoms with van der Waals surface area (Å²) in [6.07, 6.45) is 2.25. The minimum atomic E-state index is -3.10. The van der Waals surface area contributed by atoms with Gasteiger partial charge in [-0.2, -0.15) is 0 Å². The number of carbonyl (C=O) groups excluding carboxylic acids is 1. The van der Waals surface area contributed by atoms with Gasteiger partial charge >= 0.3 is 0 Å². The Hall–Kier alpha value is -1.80. The Bertz CT molecular complexity index is 735. The third-order valence-electron chi connectivity index (χ3n) is 4.93. The fourth-order valence-electron chi connectivity index (χ4n) is 3.52. The maximum absolute atomic E-state index is 13.2. The molecule has 2 aliphatic rings. The van der Waals surface area contributed by atoms with Gasteiger partial charge in [-0.15, -0.1) is 0 Å². The molecular weight excluding hydrogens is 358 g/mol. The SMILES string of the molecule is COc1cc(OC)cc(C(=O)N(CC2CCCO2)C2CCS(=O)(=O)C2)c1. The number of sulfone groups is 1. The minimum absolute atomic E-state index is 0.00651. The van der Waals surface area contributed by atoms with Gasteiger partial charge in [-0.3, -0.25) is 4.79 Å². The Labute approximate surface area is 154 Å². The molecule has 1 aromatic carbocycles. The molecule has 0 aromatic heterocycles. The van der Waals surface area contributed by atoms with Gasteiger partial charge in [-0.25, -0.2) is 8.42 Å². The monoisotopic (exact) mass is 383 g/mol. The molecule has 144 valence electrons. The van der Waals surface area contributed by atoms with Crippen LogP contribution in [0.1, 0.15) is 29.6 Å². The lowest BCUT2D eigenvalue weighted by atomic mass is 10.1. The van der Waals surface area contributed by atoms with Crippen LogP contribution < -0.4 is 9.47 Å². The van der Waals surface area contributed by atoms with Crippen molar-refractivity contribution in [1.82, 2.24) is 4.90 Å². The Morgan fingerprint density at radius 3 is 2.38 bits per heavy atom. The topological polar surface area (TPSA) is 82.1 Å². The molecule has 2 fully saturated rings. The second kappa shape index (κ2) is 7.84. The molecule has 1 aromatic rings. The number of carbonyl (C=O) groups is 1. The molecule has 1 amide bonds. The van der Waals surface area contributed by atoms with Gasteiger partial charge in [0.15, 0.2) is 9.84 Å². The minimum Gasteiger partial charge on any atom is -0.497 e. The zero-order valence-electron chi connectivity index (χ0n) is 15.1. The summed E-state index contributed by atoms with van der Waals surface area (Å²) in [7, 11) is -0.0505. The van der Waals surface area contributed by atoms with Crippen molar-refractivity contribution in [3.8, 4) is 11.5 Å². The highest BCUT2D eigenvalue weighted by Crippen LogP contribution is 2.27. The number of methoxy groups -OCH3 is 2. The van der Waals surface area contributed by atoms with E-state index in [0.717, 1.165) is 12.8 Å². The summed E-state index contributed by atoms with van der Waals surface area (Å²) in [5.41, 5.74) is 0.420. The number of hydrogen-bond acceptors (Lipinski definition) is 6. The summed E-state index contributed by atoms with van der Waals surface area (Å²) in [6.45, 7) is 1.08. The van der Waals surface area contributed by atoms with E-state index in [1.54, 1.807) is 23.1 Å². The normalized spacial score (nSPS) is 24.4. The molecule has 2 saturated heterocycles. The van der Waals surface area contributed by atoms with Gasteiger partial charge in [0.05, 0.1) is 31.8 Å². The van der Waals surface area contributed by atoms with Crippen LogP contribution in [-0.4, -0.2) is 70.2 Å². The standard InChI is InChI=1S/C18H25NO6S/c1-23-16-8-13(9-17(10-16)24-2)18(20)19(11-15-4-3-6-25-15)14-5-7-26(21,22)12-14/h8-10,14-15H,3-7,11-12H2,1-2H3. The number of hydrogen-bond donors (Lipinski definition) is 0. The van der Waals surface area contributed by atoms with E-state index in [1.807, 2.05) is 0 Å². The summed E-state index contributed by atoms with van der Waals surface area (Å²) in [5, 5.41) is 0. The summed E-state index contributed by atoms with van der Waals surface area (Å²) in [4.78, 5) is 14.9. The first-order chi connectivity index (χ1) is 12.4. The number of nitrogens with zero attached hydrogens (tertiary/aromatic N) is 1. The summed E-state index contributed by atoms with van der Waals surface area (Å²) >= 11 is 0. The molecule has 0 radical (unpaired) electrons. The van der Waals surface area contributed by atoms with Crippen LogP contribution in [0.5, 0.6) is 11.5 Å². The van der Waals surface area contributed by atoms with E-state index in [-0.39, 0.29) is 29.6 Å². The van der Waals surface area contributed by atoms with Gasteiger partial charge in [-0.05, 0) is 31.4 Å². The molecule has 2 aliphatic heterocycles. The first kappa shape index (κ1) is 19.0. The molecule has 2 unspecified atom stereocenters. The molecule has 7 nitrogen and oxygen atoms in total. The lowest BCUT2D eigenvalue weighted by Crippen LogP contribution is -2.45. The molecule has 3 rings (SSSR count). The van der Waals surface area contributed by atoms with Gasteiger partial charge in [0.2, 0.25) is 0 Å². The third kappa shape index (κ3) is 4.29. The maximum Gasteiger partial charge on any atom is 0.254 e. The molecule has 0 saturated carbocycles. The van der Waals surface area contributed by atoms with Gasteiger partial charge in [-0.1, -0.05) is 0 Å². The highest BCUT2D eigenvalue weighted by atomic mass is 32.2. The molecule has 0 spiro atoms. The Balaban J connectivity index is 1.88. The molecule has 0 aliphatic carbocycles. The van der Waals surface area contributed by atoms with E-state index in [0.29, 0.717) is 36.6 Å². The maximum atomic E-state index is 13.2. The fraction of sp³-hybridized carbons (Fsp3) is 0.611. The number of rotatable bonds is 6. The van der Waals surface area contributed by atoms with Crippen molar-refractivity contribution < 1.29 is 27.4 Å². The Morgan fingerprint density at radius 1 is 1.19 bits per heavy atom. The van der Waals surface area contributed by atoms with Crippen molar-refractivity contribution in [2.75, 3.05) is 38.9 Å². The first-order valence-electron chi connectivity index (χ1n) is 8.78. The van der Waals surface area contributed by atoms with Crippen LogP contribution in [0.2, 0.25) is 0 Å². The molecule has 0 bridgehead atoms. The molecular formula is C18H25NO6S. The van der Waals surface area contributed by atoms with Crippen molar-refractivity contribution in [2.24, 2.45) is 0 Å². The van der Waals surface area contributed by atoms with Crippen LogP contribution in [0.4, 0.5) is 0 Å². The smallest absolute Gasteiger partial charge is 0.254 e. The number of benzene rings is 1. The van der Waals surface area contributed by atoms with Gasteiger partial charge in [0.1, 0.15) is 11.5 Å². The van der Waals surface area contributed by atoms with Gasteiger partial charge in [0, 0.05) is 30.8 Å². The van der Waals surface area contributed by atoms with E-state index in [4.69, 9.17) is 14.2 Å². The van der Waals surface area contributed by atoms with Crippen LogP contribution in [0.25, 0.3) is 0 Å². The second-order valence-electron chi connectivity index (χ2n) is 6.75. The predicted octanol–water partition coefficient (Wildman–Crippen LogP) is 1.51. The molecule has 0 N–H and O–H groups in total. The van der Waals surface area contributed by atoms with Crippen molar-refractivity contribution in [3.05, 3.63) is 23.8 Å². The summed E-state index contributed by atoms with van der Waals surface area (Å²) < 4.78 is 40.0. The number of ether oxygens (including phenoxy) is 3. The van der Waals surface area contributed by atoms with E-state index in [1.165, 1.54) is 14.2 Å². The predicted molar refractivity (Wildman–Crippen MR) is 96.6 cm³/mol. The first-order valence-corrected chi connectivity index (χ1v) is 10.6. The van der Waals surface area contributed by atoms with Crippen LogP contribution in [0.15, 0.2) is 18.2 Å². The highest BCUT2D eigenvalue weighted by Gasteiger charge is 2.37.